The highest BCUT2D eigenvalue weighted by Crippen LogP contribution is 2.26. The Morgan fingerprint density at radius 3 is 2.43 bits per heavy atom. The quantitative estimate of drug-likeness (QED) is 0.839. The molecule has 0 bridgehead atoms. The molecule has 3 amide bonds. The van der Waals surface area contributed by atoms with Gasteiger partial charge < -0.3 is 15.1 Å². The van der Waals surface area contributed by atoms with Crippen molar-refractivity contribution in [2.45, 2.75) is 13.3 Å². The first kappa shape index (κ1) is 19.9. The van der Waals surface area contributed by atoms with Gasteiger partial charge in [0, 0.05) is 36.4 Å². The Labute approximate surface area is 169 Å². The van der Waals surface area contributed by atoms with Crippen molar-refractivity contribution in [3.8, 4) is 0 Å². The molecule has 1 atom stereocenters. The Morgan fingerprint density at radius 1 is 1.14 bits per heavy atom. The summed E-state index contributed by atoms with van der Waals surface area (Å²) in [7, 11) is 1.57. The maximum atomic E-state index is 12.7. The van der Waals surface area contributed by atoms with Gasteiger partial charge in [0.1, 0.15) is 0 Å². The molecule has 0 spiro atoms. The van der Waals surface area contributed by atoms with Crippen LogP contribution in [0, 0.1) is 12.8 Å². The van der Waals surface area contributed by atoms with Crippen molar-refractivity contribution in [3.63, 3.8) is 0 Å². The third-order valence-electron chi connectivity index (χ3n) is 4.70. The number of aryl methyl sites for hydroxylation is 1. The molecular weight excluding hydrogens is 378 g/mol. The molecule has 1 heterocycles. The molecule has 0 saturated carbocycles. The molecule has 1 aliphatic rings. The van der Waals surface area contributed by atoms with Gasteiger partial charge in [-0.1, -0.05) is 29.3 Å². The van der Waals surface area contributed by atoms with Crippen LogP contribution in [0.4, 0.5) is 11.4 Å². The molecule has 1 saturated heterocycles. The Balaban J connectivity index is 1.57. The molecule has 7 heteroatoms. The zero-order valence-corrected chi connectivity index (χ0v) is 16.6. The van der Waals surface area contributed by atoms with E-state index < -0.39 is 5.92 Å². The van der Waals surface area contributed by atoms with E-state index in [2.05, 4.69) is 5.32 Å². The lowest BCUT2D eigenvalue weighted by Crippen LogP contribution is -2.39. The number of carbonyl (C=O) groups is 3. The molecule has 2 aromatic carbocycles. The monoisotopic (exact) mass is 399 g/mol. The van der Waals surface area contributed by atoms with Crippen LogP contribution in [-0.2, 0) is 14.4 Å². The van der Waals surface area contributed by atoms with Crippen LogP contribution in [0.1, 0.15) is 12.0 Å². The molecule has 3 rings (SSSR count). The smallest absolute Gasteiger partial charge is 0.243 e. The highest BCUT2D eigenvalue weighted by Gasteiger charge is 2.36. The van der Waals surface area contributed by atoms with E-state index in [1.165, 1.54) is 4.90 Å². The second kappa shape index (κ2) is 8.44. The number of nitrogens with zero attached hydrogens (tertiary/aromatic N) is 2. The largest absolute Gasteiger partial charge is 0.336 e. The van der Waals surface area contributed by atoms with Crippen LogP contribution < -0.4 is 10.2 Å². The number of hydrogen-bond donors (Lipinski definition) is 1. The van der Waals surface area contributed by atoms with Crippen molar-refractivity contribution in [2.75, 3.05) is 30.4 Å². The summed E-state index contributed by atoms with van der Waals surface area (Å²) in [6.45, 7) is 2.21. The van der Waals surface area contributed by atoms with Crippen LogP contribution in [-0.4, -0.2) is 42.8 Å². The second-order valence-electron chi connectivity index (χ2n) is 6.99. The Morgan fingerprint density at radius 2 is 1.79 bits per heavy atom. The van der Waals surface area contributed by atoms with Gasteiger partial charge in [0.15, 0.2) is 0 Å². The van der Waals surface area contributed by atoms with E-state index in [0.29, 0.717) is 17.3 Å². The number of nitrogens with one attached hydrogen (secondary N) is 1. The number of hydrogen-bond acceptors (Lipinski definition) is 3. The minimum atomic E-state index is -0.456. The molecule has 0 aromatic heterocycles. The predicted molar refractivity (Wildman–Crippen MR) is 109 cm³/mol. The van der Waals surface area contributed by atoms with Gasteiger partial charge in [0.25, 0.3) is 0 Å². The van der Waals surface area contributed by atoms with Crippen LogP contribution in [0.25, 0.3) is 0 Å². The molecule has 0 aliphatic carbocycles. The molecule has 1 aliphatic heterocycles. The van der Waals surface area contributed by atoms with Crippen molar-refractivity contribution in [2.24, 2.45) is 5.92 Å². The van der Waals surface area contributed by atoms with Gasteiger partial charge in [0.05, 0.1) is 12.5 Å². The number of halogens is 1. The Hall–Kier alpha value is -2.86. The van der Waals surface area contributed by atoms with Crippen LogP contribution in [0.15, 0.2) is 48.5 Å². The van der Waals surface area contributed by atoms with E-state index in [1.807, 2.05) is 31.2 Å². The van der Waals surface area contributed by atoms with Crippen molar-refractivity contribution in [3.05, 3.63) is 59.1 Å². The van der Waals surface area contributed by atoms with E-state index in [0.717, 1.165) is 11.3 Å². The summed E-state index contributed by atoms with van der Waals surface area (Å²) in [5, 5.41) is 3.30. The highest BCUT2D eigenvalue weighted by atomic mass is 35.5. The first-order valence-corrected chi connectivity index (χ1v) is 9.38. The minimum Gasteiger partial charge on any atom is -0.336 e. The van der Waals surface area contributed by atoms with Crippen LogP contribution >= 0.6 is 11.6 Å². The summed E-state index contributed by atoms with van der Waals surface area (Å²) in [4.78, 5) is 40.2. The van der Waals surface area contributed by atoms with E-state index in [9.17, 15) is 14.4 Å². The maximum absolute atomic E-state index is 12.7. The summed E-state index contributed by atoms with van der Waals surface area (Å²) >= 11 is 5.83. The molecule has 0 radical (unpaired) electrons. The van der Waals surface area contributed by atoms with Crippen molar-refractivity contribution >= 4 is 40.7 Å². The lowest BCUT2D eigenvalue weighted by Gasteiger charge is -2.21. The number of anilines is 2. The third-order valence-corrected chi connectivity index (χ3v) is 4.96. The summed E-state index contributed by atoms with van der Waals surface area (Å²) in [6.07, 6.45) is 0.149. The van der Waals surface area contributed by atoms with Crippen LogP contribution in [0.2, 0.25) is 5.02 Å². The Kier molecular flexibility index (Phi) is 5.99. The van der Waals surface area contributed by atoms with Crippen LogP contribution in [0.3, 0.4) is 0 Å². The fraction of sp³-hybridized carbons (Fsp3) is 0.286. The fourth-order valence-corrected chi connectivity index (χ4v) is 3.31. The lowest BCUT2D eigenvalue weighted by atomic mass is 10.1. The first-order valence-electron chi connectivity index (χ1n) is 9.01. The van der Waals surface area contributed by atoms with Crippen molar-refractivity contribution in [1.29, 1.82) is 0 Å². The number of carbonyl (C=O) groups excluding carboxylic acids is 3. The van der Waals surface area contributed by atoms with E-state index in [1.54, 1.807) is 36.2 Å². The number of benzene rings is 2. The third kappa shape index (κ3) is 4.70. The Bertz CT molecular complexity index is 881. The molecule has 28 heavy (non-hydrogen) atoms. The first-order chi connectivity index (χ1) is 13.3. The van der Waals surface area contributed by atoms with E-state index in [4.69, 9.17) is 11.6 Å². The topological polar surface area (TPSA) is 69.7 Å². The SMILES string of the molecule is Cc1ccc(N2CC(C(=O)N(C)CC(=O)Nc3ccc(Cl)cc3)CC2=O)cc1. The van der Waals surface area contributed by atoms with Gasteiger partial charge in [0.2, 0.25) is 17.7 Å². The van der Waals surface area contributed by atoms with Gasteiger partial charge >= 0.3 is 0 Å². The average molecular weight is 400 g/mol. The number of amides is 3. The van der Waals surface area contributed by atoms with Gasteiger partial charge in [-0.15, -0.1) is 0 Å². The van der Waals surface area contributed by atoms with Gasteiger partial charge in [-0.05, 0) is 43.3 Å². The standard InChI is InChI=1S/C21H22ClN3O3/c1-14-3-9-18(10-4-14)25-12-15(11-20(25)27)21(28)24(2)13-19(26)23-17-7-5-16(22)6-8-17/h3-10,15H,11-13H2,1-2H3,(H,23,26). The minimum absolute atomic E-state index is 0.0822. The van der Waals surface area contributed by atoms with Crippen molar-refractivity contribution < 1.29 is 14.4 Å². The highest BCUT2D eigenvalue weighted by molar-refractivity contribution is 6.30. The summed E-state index contributed by atoms with van der Waals surface area (Å²) in [5.74, 6) is -1.06. The second-order valence-corrected chi connectivity index (χ2v) is 7.43. The van der Waals surface area contributed by atoms with Crippen LogP contribution in [0.5, 0.6) is 0 Å². The molecule has 1 unspecified atom stereocenters. The maximum Gasteiger partial charge on any atom is 0.243 e. The van der Waals surface area contributed by atoms with Gasteiger partial charge in [-0.3, -0.25) is 14.4 Å². The molecule has 6 nitrogen and oxygen atoms in total. The molecule has 2 aromatic rings. The average Bonchev–Trinajstić information content (AvgIpc) is 3.05. The summed E-state index contributed by atoms with van der Waals surface area (Å²) in [5.41, 5.74) is 2.50. The summed E-state index contributed by atoms with van der Waals surface area (Å²) < 4.78 is 0. The molecular formula is C21H22ClN3O3. The summed E-state index contributed by atoms with van der Waals surface area (Å²) in [6, 6.07) is 14.4. The van der Waals surface area contributed by atoms with E-state index >= 15 is 0 Å². The zero-order valence-electron chi connectivity index (χ0n) is 15.8. The predicted octanol–water partition coefficient (Wildman–Crippen LogP) is 3.10. The number of rotatable bonds is 5. The lowest BCUT2D eigenvalue weighted by molar-refractivity contribution is -0.137. The molecule has 146 valence electrons. The fourth-order valence-electron chi connectivity index (χ4n) is 3.19. The molecule has 1 N–H and O–H groups in total. The van der Waals surface area contributed by atoms with Gasteiger partial charge in [-0.2, -0.15) is 0 Å². The zero-order chi connectivity index (χ0) is 20.3. The molecule has 1 fully saturated rings. The number of likely N-dealkylation sites (N-methyl/N-ethyl adjacent to an activating group) is 1. The van der Waals surface area contributed by atoms with E-state index in [-0.39, 0.29) is 30.7 Å². The normalized spacial score (nSPS) is 16.2. The van der Waals surface area contributed by atoms with Gasteiger partial charge in [-0.25, -0.2) is 0 Å². The van der Waals surface area contributed by atoms with Crippen molar-refractivity contribution in [1.82, 2.24) is 4.90 Å².